The molecule has 1 aliphatic carbocycles. The number of methoxy groups -OCH3 is 2. The number of benzene rings is 4. The summed E-state index contributed by atoms with van der Waals surface area (Å²) in [5.41, 5.74) is 9.05. The Balaban J connectivity index is 0.878. The number of fused-ring (bicyclic) bond motifs is 2. The van der Waals surface area contributed by atoms with E-state index < -0.39 is 42.3 Å². The molecule has 7 rings (SSSR count). The van der Waals surface area contributed by atoms with E-state index in [9.17, 15) is 28.8 Å². The molecule has 0 radical (unpaired) electrons. The first-order valence-electron chi connectivity index (χ1n) is 28.1. The highest BCUT2D eigenvalue weighted by atomic mass is 16.5. The van der Waals surface area contributed by atoms with E-state index in [0.29, 0.717) is 54.7 Å². The standard InChI is InChI=1S/C62H80N8O10/c1-62(2,3)69-60(75)52-38-45-20-9-10-21-46(45)40-70(52)32-30-47(35-41-15-7-6-8-16-41)65-59(74)51(39-55(63)71)67-58(73)50-28-27-44-22-13-24-49(57(44)66-50)68-61(76)80-33-14-25-56(72)64-31-34-79-48-23-12-19-42(36-48)17-11-18-43-26-29-53(77-4)54(37-43)78-5/h6-8,12-13,15-16,19,22-24,26-29,36-37,45-47,51-52H,9-11,14,17-18,20-21,25,30-35,38-40H2,1-5H3,(H2,63,71)(H,64,72)(H,65,74)(H,67,73)(H,68,76)(H,69,75)/t45?,46?,47?,51-,52?/m1/s1. The first-order valence-corrected chi connectivity index (χ1v) is 28.1. The molecule has 428 valence electrons. The third-order valence-corrected chi connectivity index (χ3v) is 14.7. The van der Waals surface area contributed by atoms with Gasteiger partial charge in [0.2, 0.25) is 23.6 Å². The summed E-state index contributed by atoms with van der Waals surface area (Å²) in [7, 11) is 3.25. The minimum atomic E-state index is -1.33. The molecule has 0 spiro atoms. The van der Waals surface area contributed by atoms with E-state index in [0.717, 1.165) is 61.9 Å². The van der Waals surface area contributed by atoms with Gasteiger partial charge in [-0.15, -0.1) is 0 Å². The van der Waals surface area contributed by atoms with Gasteiger partial charge in [0.05, 0.1) is 51.0 Å². The van der Waals surface area contributed by atoms with Gasteiger partial charge in [-0.3, -0.25) is 34.2 Å². The smallest absolute Gasteiger partial charge is 0.411 e. The molecule has 5 aromatic rings. The van der Waals surface area contributed by atoms with E-state index in [1.807, 2.05) is 87.5 Å². The van der Waals surface area contributed by atoms with Crippen molar-refractivity contribution in [3.63, 3.8) is 0 Å². The van der Waals surface area contributed by atoms with Crippen molar-refractivity contribution in [2.45, 2.75) is 128 Å². The summed E-state index contributed by atoms with van der Waals surface area (Å²) in [6, 6.07) is 29.8. The highest BCUT2D eigenvalue weighted by Gasteiger charge is 2.41. The molecular weight excluding hydrogens is 1020 g/mol. The summed E-state index contributed by atoms with van der Waals surface area (Å²) >= 11 is 0. The molecule has 80 heavy (non-hydrogen) atoms. The van der Waals surface area contributed by atoms with Crippen molar-refractivity contribution in [3.05, 3.63) is 126 Å². The number of hydrogen-bond acceptors (Lipinski definition) is 12. The second-order valence-corrected chi connectivity index (χ2v) is 22.0. The second kappa shape index (κ2) is 29.5. The quantitative estimate of drug-likeness (QED) is 0.0276. The number of carbonyl (C=O) groups excluding carboxylic acids is 6. The first kappa shape index (κ1) is 59.9. The molecule has 2 heterocycles. The summed E-state index contributed by atoms with van der Waals surface area (Å²) in [5, 5.41) is 15.2. The maximum absolute atomic E-state index is 14.2. The van der Waals surface area contributed by atoms with Gasteiger partial charge in [0, 0.05) is 36.5 Å². The summed E-state index contributed by atoms with van der Waals surface area (Å²) in [5.74, 6) is 0.839. The number of carbonyl (C=O) groups is 6. The van der Waals surface area contributed by atoms with Crippen molar-refractivity contribution in [3.8, 4) is 17.2 Å². The zero-order valence-corrected chi connectivity index (χ0v) is 47.0. The Bertz CT molecular complexity index is 2900. The fourth-order valence-corrected chi connectivity index (χ4v) is 10.8. The maximum atomic E-state index is 14.2. The number of aryl methyl sites for hydroxylation is 2. The highest BCUT2D eigenvalue weighted by Crippen LogP contribution is 2.39. The Kier molecular flexibility index (Phi) is 22.1. The van der Waals surface area contributed by atoms with Gasteiger partial charge in [0.15, 0.2) is 11.5 Å². The number of nitrogens with two attached hydrogens (primary N) is 1. The number of nitrogens with zero attached hydrogens (tertiary/aromatic N) is 2. The predicted molar refractivity (Wildman–Crippen MR) is 308 cm³/mol. The van der Waals surface area contributed by atoms with Crippen LogP contribution in [-0.4, -0.2) is 116 Å². The number of primary amides is 1. The third kappa shape index (κ3) is 18.4. The van der Waals surface area contributed by atoms with Crippen molar-refractivity contribution >= 4 is 52.2 Å². The number of piperidine rings is 1. The summed E-state index contributed by atoms with van der Waals surface area (Å²) in [6.45, 7) is 7.86. The molecule has 1 aromatic heterocycles. The van der Waals surface area contributed by atoms with E-state index in [4.69, 9.17) is 24.7 Å². The van der Waals surface area contributed by atoms with Crippen LogP contribution >= 0.6 is 0 Å². The lowest BCUT2D eigenvalue weighted by molar-refractivity contribution is -0.132. The largest absolute Gasteiger partial charge is 0.493 e. The van der Waals surface area contributed by atoms with Gasteiger partial charge in [-0.2, -0.15) is 0 Å². The lowest BCUT2D eigenvalue weighted by Gasteiger charge is -2.46. The molecule has 1 saturated carbocycles. The van der Waals surface area contributed by atoms with Crippen LogP contribution in [0.3, 0.4) is 0 Å². The van der Waals surface area contributed by atoms with Crippen LogP contribution in [0.15, 0.2) is 103 Å². The lowest BCUT2D eigenvalue weighted by Crippen LogP contribution is -2.58. The lowest BCUT2D eigenvalue weighted by atomic mass is 9.72. The van der Waals surface area contributed by atoms with Gasteiger partial charge in [0.25, 0.3) is 5.91 Å². The monoisotopic (exact) mass is 1100 g/mol. The Labute approximate surface area is 470 Å². The Morgan fingerprint density at radius 3 is 2.26 bits per heavy atom. The molecule has 7 N–H and O–H groups in total. The van der Waals surface area contributed by atoms with Crippen molar-refractivity contribution in [1.29, 1.82) is 0 Å². The molecule has 4 aromatic carbocycles. The SMILES string of the molecule is COc1ccc(CCCc2cccc(OCCNC(=O)CCCOC(=O)Nc3cccc4ccc(C(=O)N[C@H](CC(N)=O)C(=O)NC(CCN5CC6CCCCC6CC5C(=O)NC(C)(C)C)Cc5ccccc5)nc34)c2)cc1OC. The summed E-state index contributed by atoms with van der Waals surface area (Å²) in [6.07, 6.45) is 8.24. The van der Waals surface area contributed by atoms with E-state index >= 15 is 0 Å². The number of pyridine rings is 1. The third-order valence-electron chi connectivity index (χ3n) is 14.7. The highest BCUT2D eigenvalue weighted by molar-refractivity contribution is 6.02. The Morgan fingerprint density at radius 2 is 1.51 bits per heavy atom. The normalized spacial score (nSPS) is 16.9. The molecule has 0 bridgehead atoms. The number of rotatable bonds is 27. The van der Waals surface area contributed by atoms with Crippen LogP contribution in [0, 0.1) is 11.8 Å². The second-order valence-electron chi connectivity index (χ2n) is 22.0. The van der Waals surface area contributed by atoms with Crippen LogP contribution in [0.25, 0.3) is 10.9 Å². The number of hydrogen-bond donors (Lipinski definition) is 6. The number of para-hydroxylation sites is 1. The number of nitrogens with one attached hydrogen (secondary N) is 5. The first-order chi connectivity index (χ1) is 38.5. The number of ether oxygens (including phenoxy) is 4. The Morgan fingerprint density at radius 1 is 0.775 bits per heavy atom. The van der Waals surface area contributed by atoms with Crippen LogP contribution in [0.1, 0.15) is 112 Å². The van der Waals surface area contributed by atoms with Crippen molar-refractivity contribution < 1.29 is 47.7 Å². The molecule has 1 aliphatic heterocycles. The number of amides is 6. The van der Waals surface area contributed by atoms with Crippen molar-refractivity contribution in [1.82, 2.24) is 31.2 Å². The minimum absolute atomic E-state index is 0.0155. The fourth-order valence-electron chi connectivity index (χ4n) is 10.8. The van der Waals surface area contributed by atoms with Crippen LogP contribution in [0.4, 0.5) is 10.5 Å². The van der Waals surface area contributed by atoms with E-state index in [2.05, 4.69) is 42.5 Å². The van der Waals surface area contributed by atoms with Crippen LogP contribution in [-0.2, 0) is 43.2 Å². The van der Waals surface area contributed by atoms with Crippen LogP contribution in [0.2, 0.25) is 0 Å². The molecule has 18 nitrogen and oxygen atoms in total. The number of aromatic nitrogens is 1. The van der Waals surface area contributed by atoms with E-state index in [1.165, 1.54) is 24.5 Å². The summed E-state index contributed by atoms with van der Waals surface area (Å²) in [4.78, 5) is 86.8. The van der Waals surface area contributed by atoms with Gasteiger partial charge in [-0.1, -0.05) is 86.0 Å². The minimum Gasteiger partial charge on any atom is -0.493 e. The van der Waals surface area contributed by atoms with E-state index in [1.54, 1.807) is 38.5 Å². The zero-order chi connectivity index (χ0) is 57.0. The molecular formula is C62H80N8O10. The fraction of sp³-hybridized carbons (Fsp3) is 0.468. The number of likely N-dealkylation sites (tertiary alicyclic amines) is 1. The molecule has 5 atom stereocenters. The van der Waals surface area contributed by atoms with E-state index in [-0.39, 0.29) is 66.3 Å². The topological polar surface area (TPSA) is 242 Å². The molecule has 4 unspecified atom stereocenters. The van der Waals surface area contributed by atoms with Gasteiger partial charge in [0.1, 0.15) is 24.1 Å². The molecule has 2 aliphatic rings. The van der Waals surface area contributed by atoms with Gasteiger partial charge in [-0.25, -0.2) is 9.78 Å². The average Bonchev–Trinajstić information content (AvgIpc) is 3.45. The predicted octanol–water partition coefficient (Wildman–Crippen LogP) is 7.84. The maximum Gasteiger partial charge on any atom is 0.411 e. The molecule has 18 heteroatoms. The van der Waals surface area contributed by atoms with Crippen molar-refractivity contribution in [2.75, 3.05) is 52.4 Å². The van der Waals surface area contributed by atoms with Gasteiger partial charge in [-0.05, 0) is 137 Å². The summed E-state index contributed by atoms with van der Waals surface area (Å²) < 4.78 is 22.1. The average molecular weight is 1100 g/mol. The molecule has 2 fully saturated rings. The zero-order valence-electron chi connectivity index (χ0n) is 47.0. The van der Waals surface area contributed by atoms with Crippen molar-refractivity contribution in [2.24, 2.45) is 17.6 Å². The Hall–Kier alpha value is -7.73. The van der Waals surface area contributed by atoms with Gasteiger partial charge < -0.3 is 45.9 Å². The molecule has 6 amide bonds. The molecule has 1 saturated heterocycles. The number of anilines is 1. The van der Waals surface area contributed by atoms with Gasteiger partial charge >= 0.3 is 6.09 Å². The van der Waals surface area contributed by atoms with Crippen LogP contribution < -0.4 is 46.5 Å². The van der Waals surface area contributed by atoms with Crippen LogP contribution in [0.5, 0.6) is 17.2 Å².